The van der Waals surface area contributed by atoms with E-state index in [0.29, 0.717) is 18.6 Å². The van der Waals surface area contributed by atoms with Crippen LogP contribution in [-0.2, 0) is 9.53 Å². The Balaban J connectivity index is 1.77. The average Bonchev–Trinajstić information content (AvgIpc) is 2.28. The number of amides is 1. The van der Waals surface area contributed by atoms with E-state index < -0.39 is 0 Å². The summed E-state index contributed by atoms with van der Waals surface area (Å²) in [5.41, 5.74) is 0. The Hall–Kier alpha value is -0.610. The summed E-state index contributed by atoms with van der Waals surface area (Å²) in [7, 11) is 0. The lowest BCUT2D eigenvalue weighted by Gasteiger charge is -2.44. The first-order chi connectivity index (χ1) is 7.29. The summed E-state index contributed by atoms with van der Waals surface area (Å²) < 4.78 is 5.09. The van der Waals surface area contributed by atoms with Crippen molar-refractivity contribution in [2.24, 2.45) is 5.92 Å². The van der Waals surface area contributed by atoms with E-state index in [9.17, 15) is 4.79 Å². The van der Waals surface area contributed by atoms with Gasteiger partial charge in [0.15, 0.2) is 0 Å². The normalized spacial score (nSPS) is 34.1. The molecule has 0 aromatic rings. The second kappa shape index (κ2) is 4.94. The number of fused-ring (bicyclic) bond motifs is 3. The van der Waals surface area contributed by atoms with Gasteiger partial charge in [-0.15, -0.1) is 0 Å². The molecule has 0 aromatic carbocycles. The number of carbonyl (C=O) groups excluding carboxylic acids is 1. The number of hydrogen-bond donors (Lipinski definition) is 1. The first kappa shape index (κ1) is 10.9. The average molecular weight is 212 g/mol. The standard InChI is InChI=1S/C11H20N2O2/c1-2-15-8-11(14)12-10-7-13-5-3-9(10)4-6-13/h9-10H,2-8H2,1H3,(H,12,14). The Bertz CT molecular complexity index is 225. The van der Waals surface area contributed by atoms with Crippen molar-refractivity contribution in [3.8, 4) is 0 Å². The van der Waals surface area contributed by atoms with Gasteiger partial charge in [-0.05, 0) is 38.8 Å². The van der Waals surface area contributed by atoms with E-state index in [0.717, 1.165) is 6.54 Å². The zero-order chi connectivity index (χ0) is 10.7. The molecule has 2 bridgehead atoms. The van der Waals surface area contributed by atoms with Gasteiger partial charge in [0.1, 0.15) is 6.61 Å². The molecule has 3 aliphatic rings. The number of ether oxygens (including phenoxy) is 1. The Kier molecular flexibility index (Phi) is 3.59. The summed E-state index contributed by atoms with van der Waals surface area (Å²) in [5.74, 6) is 0.733. The van der Waals surface area contributed by atoms with Crippen LogP contribution < -0.4 is 5.32 Å². The summed E-state index contributed by atoms with van der Waals surface area (Å²) in [6.07, 6.45) is 2.47. The van der Waals surface area contributed by atoms with Gasteiger partial charge in [0.2, 0.25) is 5.91 Å². The Morgan fingerprint density at radius 1 is 1.47 bits per heavy atom. The lowest BCUT2D eigenvalue weighted by Crippen LogP contribution is -2.57. The minimum Gasteiger partial charge on any atom is -0.372 e. The number of nitrogens with one attached hydrogen (secondary N) is 1. The van der Waals surface area contributed by atoms with Crippen molar-refractivity contribution >= 4 is 5.91 Å². The van der Waals surface area contributed by atoms with Crippen molar-refractivity contribution in [1.82, 2.24) is 10.2 Å². The second-order valence-electron chi connectivity index (χ2n) is 4.45. The van der Waals surface area contributed by atoms with Crippen molar-refractivity contribution in [1.29, 1.82) is 0 Å². The largest absolute Gasteiger partial charge is 0.372 e. The highest BCUT2D eigenvalue weighted by Gasteiger charge is 2.34. The molecule has 0 saturated carbocycles. The number of rotatable bonds is 4. The number of piperidine rings is 3. The number of nitrogens with zero attached hydrogens (tertiary/aromatic N) is 1. The smallest absolute Gasteiger partial charge is 0.246 e. The first-order valence-electron chi connectivity index (χ1n) is 5.89. The summed E-state index contributed by atoms with van der Waals surface area (Å²) in [6.45, 7) is 6.17. The summed E-state index contributed by atoms with van der Waals surface area (Å²) >= 11 is 0. The van der Waals surface area contributed by atoms with Gasteiger partial charge in [-0.2, -0.15) is 0 Å². The third-order valence-corrected chi connectivity index (χ3v) is 3.44. The maximum absolute atomic E-state index is 11.5. The van der Waals surface area contributed by atoms with Crippen LogP contribution in [0.3, 0.4) is 0 Å². The van der Waals surface area contributed by atoms with Gasteiger partial charge in [-0.25, -0.2) is 0 Å². The molecule has 15 heavy (non-hydrogen) atoms. The SMILES string of the molecule is CCOCC(=O)NC1CN2CCC1CC2. The monoisotopic (exact) mass is 212 g/mol. The summed E-state index contributed by atoms with van der Waals surface area (Å²) in [6, 6.07) is 0.362. The van der Waals surface area contributed by atoms with Gasteiger partial charge >= 0.3 is 0 Å². The van der Waals surface area contributed by atoms with Crippen molar-refractivity contribution < 1.29 is 9.53 Å². The molecule has 1 atom stereocenters. The molecule has 0 aromatic heterocycles. The van der Waals surface area contributed by atoms with Crippen LogP contribution in [-0.4, -0.2) is 49.7 Å². The summed E-state index contributed by atoms with van der Waals surface area (Å²) in [5, 5.41) is 3.08. The van der Waals surface area contributed by atoms with Crippen molar-refractivity contribution in [2.75, 3.05) is 32.8 Å². The fourth-order valence-corrected chi connectivity index (χ4v) is 2.57. The van der Waals surface area contributed by atoms with E-state index in [1.807, 2.05) is 6.92 Å². The Morgan fingerprint density at radius 3 is 2.73 bits per heavy atom. The van der Waals surface area contributed by atoms with Crippen molar-refractivity contribution in [2.45, 2.75) is 25.8 Å². The zero-order valence-electron chi connectivity index (χ0n) is 9.37. The minimum absolute atomic E-state index is 0.0376. The van der Waals surface area contributed by atoms with Crippen LogP contribution in [0.4, 0.5) is 0 Å². The highest BCUT2D eigenvalue weighted by molar-refractivity contribution is 5.77. The fourth-order valence-electron chi connectivity index (χ4n) is 2.57. The number of hydrogen-bond acceptors (Lipinski definition) is 3. The second-order valence-corrected chi connectivity index (χ2v) is 4.45. The molecule has 3 fully saturated rings. The van der Waals surface area contributed by atoms with Crippen LogP contribution in [0.25, 0.3) is 0 Å². The van der Waals surface area contributed by atoms with Crippen LogP contribution in [0.2, 0.25) is 0 Å². The van der Waals surface area contributed by atoms with E-state index in [1.54, 1.807) is 0 Å². The molecular formula is C11H20N2O2. The third kappa shape index (κ3) is 2.69. The molecular weight excluding hydrogens is 192 g/mol. The molecule has 3 heterocycles. The molecule has 0 radical (unpaired) electrons. The molecule has 0 spiro atoms. The molecule has 1 N–H and O–H groups in total. The molecule has 3 aliphatic heterocycles. The van der Waals surface area contributed by atoms with Gasteiger partial charge in [-0.3, -0.25) is 4.79 Å². The van der Waals surface area contributed by atoms with E-state index in [1.165, 1.54) is 25.9 Å². The molecule has 3 rings (SSSR count). The lowest BCUT2D eigenvalue weighted by molar-refractivity contribution is -0.127. The molecule has 86 valence electrons. The van der Waals surface area contributed by atoms with Crippen LogP contribution >= 0.6 is 0 Å². The van der Waals surface area contributed by atoms with Crippen LogP contribution in [0, 0.1) is 5.92 Å². The highest BCUT2D eigenvalue weighted by atomic mass is 16.5. The minimum atomic E-state index is 0.0376. The Morgan fingerprint density at radius 2 is 2.20 bits per heavy atom. The quantitative estimate of drug-likeness (QED) is 0.725. The highest BCUT2D eigenvalue weighted by Crippen LogP contribution is 2.27. The summed E-state index contributed by atoms with van der Waals surface area (Å²) in [4.78, 5) is 13.9. The van der Waals surface area contributed by atoms with Crippen LogP contribution in [0.5, 0.6) is 0 Å². The molecule has 1 unspecified atom stereocenters. The molecule has 4 heteroatoms. The van der Waals surface area contributed by atoms with Gasteiger partial charge in [0, 0.05) is 19.2 Å². The van der Waals surface area contributed by atoms with Gasteiger partial charge < -0.3 is 15.0 Å². The maximum Gasteiger partial charge on any atom is 0.246 e. The van der Waals surface area contributed by atoms with Crippen molar-refractivity contribution in [3.63, 3.8) is 0 Å². The van der Waals surface area contributed by atoms with Crippen molar-refractivity contribution in [3.05, 3.63) is 0 Å². The number of carbonyl (C=O) groups is 1. The predicted molar refractivity (Wildman–Crippen MR) is 57.6 cm³/mol. The molecule has 4 nitrogen and oxygen atoms in total. The van der Waals surface area contributed by atoms with Crippen LogP contribution in [0.1, 0.15) is 19.8 Å². The molecule has 3 saturated heterocycles. The van der Waals surface area contributed by atoms with Gasteiger partial charge in [0.25, 0.3) is 0 Å². The lowest BCUT2D eigenvalue weighted by atomic mass is 9.84. The molecule has 1 amide bonds. The zero-order valence-corrected chi connectivity index (χ0v) is 9.37. The fraction of sp³-hybridized carbons (Fsp3) is 0.909. The van der Waals surface area contributed by atoms with E-state index in [2.05, 4.69) is 10.2 Å². The first-order valence-corrected chi connectivity index (χ1v) is 5.89. The third-order valence-electron chi connectivity index (χ3n) is 3.44. The van der Waals surface area contributed by atoms with Gasteiger partial charge in [0.05, 0.1) is 0 Å². The van der Waals surface area contributed by atoms with Crippen LogP contribution in [0.15, 0.2) is 0 Å². The van der Waals surface area contributed by atoms with Gasteiger partial charge in [-0.1, -0.05) is 0 Å². The van der Waals surface area contributed by atoms with E-state index in [4.69, 9.17) is 4.74 Å². The maximum atomic E-state index is 11.5. The Labute approximate surface area is 91.0 Å². The predicted octanol–water partition coefficient (Wildman–Crippen LogP) is 0.233. The van der Waals surface area contributed by atoms with E-state index in [-0.39, 0.29) is 12.5 Å². The van der Waals surface area contributed by atoms with E-state index >= 15 is 0 Å². The topological polar surface area (TPSA) is 41.6 Å². The molecule has 0 aliphatic carbocycles.